The minimum absolute atomic E-state index is 0.0508. The summed E-state index contributed by atoms with van der Waals surface area (Å²) < 4.78 is 27.2. The number of aryl methyl sites for hydroxylation is 1. The highest BCUT2D eigenvalue weighted by Gasteiger charge is 2.05. The molecule has 0 aliphatic heterocycles. The second-order valence-electron chi connectivity index (χ2n) is 5.45. The van der Waals surface area contributed by atoms with Crippen LogP contribution in [0, 0.1) is 6.92 Å². The molecule has 0 unspecified atom stereocenters. The molecule has 0 aromatic heterocycles. The summed E-state index contributed by atoms with van der Waals surface area (Å²) in [6.07, 6.45) is 2.23. The van der Waals surface area contributed by atoms with E-state index in [0.717, 1.165) is 18.6 Å². The molecule has 1 aromatic carbocycles. The molecule has 0 atom stereocenters. The van der Waals surface area contributed by atoms with Crippen molar-refractivity contribution in [3.8, 4) is 5.75 Å². The summed E-state index contributed by atoms with van der Waals surface area (Å²) in [5, 5.41) is 4.94. The Morgan fingerprint density at radius 1 is 1.20 bits per heavy atom. The molecule has 1 rings (SSSR count). The fraction of sp³-hybridized carbons (Fsp3) is 0.600. The minimum atomic E-state index is -3.32. The first-order chi connectivity index (χ1) is 9.29. The van der Waals surface area contributed by atoms with Crippen LogP contribution in [0.15, 0.2) is 18.2 Å². The summed E-state index contributed by atoms with van der Waals surface area (Å²) in [6.45, 7) is 7.04. The van der Waals surface area contributed by atoms with E-state index in [0.29, 0.717) is 18.9 Å². The number of hydrogen-bond donors (Lipinski definition) is 1. The van der Waals surface area contributed by atoms with Gasteiger partial charge in [0.2, 0.25) is 10.0 Å². The predicted molar refractivity (Wildman–Crippen MR) is 82.6 cm³/mol. The van der Waals surface area contributed by atoms with E-state index in [1.807, 2.05) is 6.07 Å². The third kappa shape index (κ3) is 6.39. The highest BCUT2D eigenvalue weighted by atomic mass is 32.2. The lowest BCUT2D eigenvalue weighted by molar-refractivity contribution is 0.306. The van der Waals surface area contributed by atoms with Crippen LogP contribution in [0.4, 0.5) is 0 Å². The van der Waals surface area contributed by atoms with E-state index in [1.165, 1.54) is 11.1 Å². The maximum atomic E-state index is 10.8. The average molecular weight is 299 g/mol. The van der Waals surface area contributed by atoms with Crippen LogP contribution in [-0.4, -0.2) is 20.8 Å². The zero-order valence-electron chi connectivity index (χ0n) is 12.6. The Kier molecular flexibility index (Phi) is 6.49. The summed E-state index contributed by atoms with van der Waals surface area (Å²) >= 11 is 0. The molecular formula is C15H25NO3S. The zero-order chi connectivity index (χ0) is 15.2. The van der Waals surface area contributed by atoms with Gasteiger partial charge in [0, 0.05) is 0 Å². The molecule has 20 heavy (non-hydrogen) atoms. The van der Waals surface area contributed by atoms with Gasteiger partial charge in [0.15, 0.2) is 0 Å². The van der Waals surface area contributed by atoms with Crippen LogP contribution in [0.5, 0.6) is 5.75 Å². The Bertz CT molecular complexity index is 524. The van der Waals surface area contributed by atoms with Crippen LogP contribution >= 0.6 is 0 Å². The highest BCUT2D eigenvalue weighted by molar-refractivity contribution is 7.89. The normalized spacial score (nSPS) is 11.8. The summed E-state index contributed by atoms with van der Waals surface area (Å²) in [4.78, 5) is 0. The molecule has 0 heterocycles. The average Bonchev–Trinajstić information content (AvgIpc) is 2.32. The number of unbranched alkanes of at least 4 members (excludes halogenated alkanes) is 2. The molecule has 5 heteroatoms. The first-order valence-corrected chi connectivity index (χ1v) is 8.75. The van der Waals surface area contributed by atoms with Gasteiger partial charge < -0.3 is 4.74 Å². The van der Waals surface area contributed by atoms with E-state index in [9.17, 15) is 8.42 Å². The van der Waals surface area contributed by atoms with Crippen molar-refractivity contribution < 1.29 is 13.2 Å². The van der Waals surface area contributed by atoms with Crippen LogP contribution in [0.25, 0.3) is 0 Å². The standard InChI is InChI=1S/C15H25NO3S/c1-12(2)15-8-7-14(11-13(15)3)19-9-5-4-6-10-20(16,17)18/h7-8,11-12H,4-6,9-10H2,1-3H3,(H2,16,17,18). The molecule has 1 aromatic rings. The Labute approximate surface area is 122 Å². The molecule has 0 saturated carbocycles. The lowest BCUT2D eigenvalue weighted by atomic mass is 9.98. The van der Waals surface area contributed by atoms with Crippen molar-refractivity contribution in [3.05, 3.63) is 29.3 Å². The van der Waals surface area contributed by atoms with Crippen molar-refractivity contribution in [3.63, 3.8) is 0 Å². The van der Waals surface area contributed by atoms with Crippen molar-refractivity contribution in [2.45, 2.75) is 46.0 Å². The molecule has 0 bridgehead atoms. The zero-order valence-corrected chi connectivity index (χ0v) is 13.4. The van der Waals surface area contributed by atoms with Crippen LogP contribution in [0.1, 0.15) is 50.2 Å². The molecule has 0 aliphatic rings. The van der Waals surface area contributed by atoms with E-state index in [4.69, 9.17) is 9.88 Å². The van der Waals surface area contributed by atoms with Crippen molar-refractivity contribution >= 4 is 10.0 Å². The Hall–Kier alpha value is -1.07. The fourth-order valence-electron chi connectivity index (χ4n) is 2.16. The van der Waals surface area contributed by atoms with Crippen LogP contribution in [0.2, 0.25) is 0 Å². The molecule has 0 saturated heterocycles. The summed E-state index contributed by atoms with van der Waals surface area (Å²) in [7, 11) is -3.32. The first-order valence-electron chi connectivity index (χ1n) is 7.03. The fourth-order valence-corrected chi connectivity index (χ4v) is 2.76. The number of ether oxygens (including phenoxy) is 1. The molecule has 114 valence electrons. The number of hydrogen-bond acceptors (Lipinski definition) is 3. The van der Waals surface area contributed by atoms with E-state index in [-0.39, 0.29) is 5.75 Å². The van der Waals surface area contributed by atoms with E-state index >= 15 is 0 Å². The van der Waals surface area contributed by atoms with E-state index < -0.39 is 10.0 Å². The predicted octanol–water partition coefficient (Wildman–Crippen LogP) is 2.96. The van der Waals surface area contributed by atoms with E-state index in [1.54, 1.807) is 0 Å². The summed E-state index contributed by atoms with van der Waals surface area (Å²) in [6, 6.07) is 6.16. The molecule has 0 fully saturated rings. The third-order valence-electron chi connectivity index (χ3n) is 3.21. The number of sulfonamides is 1. The van der Waals surface area contributed by atoms with Crippen LogP contribution in [0.3, 0.4) is 0 Å². The van der Waals surface area contributed by atoms with Gasteiger partial charge in [-0.1, -0.05) is 19.9 Å². The molecule has 0 radical (unpaired) electrons. The Morgan fingerprint density at radius 3 is 2.45 bits per heavy atom. The Morgan fingerprint density at radius 2 is 1.90 bits per heavy atom. The van der Waals surface area contributed by atoms with Crippen molar-refractivity contribution in [1.82, 2.24) is 0 Å². The van der Waals surface area contributed by atoms with Gasteiger partial charge in [-0.25, -0.2) is 13.6 Å². The van der Waals surface area contributed by atoms with Gasteiger partial charge in [0.1, 0.15) is 5.75 Å². The van der Waals surface area contributed by atoms with Gasteiger partial charge in [0.25, 0.3) is 0 Å². The lowest BCUT2D eigenvalue weighted by Gasteiger charge is -2.12. The number of benzene rings is 1. The number of primary sulfonamides is 1. The maximum absolute atomic E-state index is 10.8. The van der Waals surface area contributed by atoms with Gasteiger partial charge in [-0.05, 0) is 55.4 Å². The maximum Gasteiger partial charge on any atom is 0.209 e. The van der Waals surface area contributed by atoms with E-state index in [2.05, 4.69) is 32.9 Å². The van der Waals surface area contributed by atoms with Crippen molar-refractivity contribution in [2.24, 2.45) is 5.14 Å². The number of rotatable bonds is 8. The first kappa shape index (κ1) is 17.0. The summed E-state index contributed by atoms with van der Waals surface area (Å²) in [5.41, 5.74) is 2.58. The van der Waals surface area contributed by atoms with Crippen LogP contribution < -0.4 is 9.88 Å². The highest BCUT2D eigenvalue weighted by Crippen LogP contribution is 2.23. The SMILES string of the molecule is Cc1cc(OCCCCCS(N)(=O)=O)ccc1C(C)C. The molecule has 0 spiro atoms. The van der Waals surface area contributed by atoms with Gasteiger partial charge in [-0.3, -0.25) is 0 Å². The largest absolute Gasteiger partial charge is 0.494 e. The summed E-state index contributed by atoms with van der Waals surface area (Å²) in [5.74, 6) is 1.44. The quantitative estimate of drug-likeness (QED) is 0.750. The van der Waals surface area contributed by atoms with Gasteiger partial charge in [-0.2, -0.15) is 0 Å². The smallest absolute Gasteiger partial charge is 0.209 e. The molecule has 0 amide bonds. The van der Waals surface area contributed by atoms with Crippen molar-refractivity contribution in [2.75, 3.05) is 12.4 Å². The Balaban J connectivity index is 2.31. The van der Waals surface area contributed by atoms with Crippen LogP contribution in [-0.2, 0) is 10.0 Å². The van der Waals surface area contributed by atoms with Gasteiger partial charge >= 0.3 is 0 Å². The molecule has 2 N–H and O–H groups in total. The minimum Gasteiger partial charge on any atom is -0.494 e. The van der Waals surface area contributed by atoms with Gasteiger partial charge in [0.05, 0.1) is 12.4 Å². The van der Waals surface area contributed by atoms with Crippen molar-refractivity contribution in [1.29, 1.82) is 0 Å². The number of nitrogens with two attached hydrogens (primary N) is 1. The topological polar surface area (TPSA) is 69.4 Å². The molecule has 4 nitrogen and oxygen atoms in total. The third-order valence-corrected chi connectivity index (χ3v) is 4.06. The van der Waals surface area contributed by atoms with Gasteiger partial charge in [-0.15, -0.1) is 0 Å². The molecular weight excluding hydrogens is 274 g/mol. The second-order valence-corrected chi connectivity index (χ2v) is 7.18. The second kappa shape index (κ2) is 7.64. The monoisotopic (exact) mass is 299 g/mol. The molecule has 0 aliphatic carbocycles. The lowest BCUT2D eigenvalue weighted by Crippen LogP contribution is -2.16.